The van der Waals surface area contributed by atoms with Crippen LogP contribution in [0.3, 0.4) is 0 Å². The largest absolute Gasteiger partial charge is 0.481 e. The Kier molecular flexibility index (Phi) is 4.21. The molecule has 0 amide bonds. The van der Waals surface area contributed by atoms with Gasteiger partial charge in [0.2, 0.25) is 0 Å². The molecular formula is C13H15N3O2S. The summed E-state index contributed by atoms with van der Waals surface area (Å²) in [7, 11) is 0. The first-order valence-electron chi connectivity index (χ1n) is 5.91. The van der Waals surface area contributed by atoms with Crippen molar-refractivity contribution in [3.63, 3.8) is 0 Å². The van der Waals surface area contributed by atoms with Crippen molar-refractivity contribution >= 4 is 28.9 Å². The highest BCUT2D eigenvalue weighted by atomic mass is 32.2. The minimum atomic E-state index is -0.850. The first-order valence-corrected chi connectivity index (χ1v) is 6.89. The second-order valence-corrected chi connectivity index (χ2v) is 5.05. The van der Waals surface area contributed by atoms with Gasteiger partial charge in [-0.3, -0.25) is 4.79 Å². The summed E-state index contributed by atoms with van der Waals surface area (Å²) in [4.78, 5) is 19.5. The van der Waals surface area contributed by atoms with E-state index in [0.29, 0.717) is 11.7 Å². The number of fused-ring (bicyclic) bond motifs is 1. The van der Waals surface area contributed by atoms with Crippen molar-refractivity contribution in [3.05, 3.63) is 30.5 Å². The number of allylic oxidation sites excluding steroid dienone is 1. The Balaban J connectivity index is 2.44. The molecule has 0 atom stereocenters. The Morgan fingerprint density at radius 2 is 2.42 bits per heavy atom. The van der Waals surface area contributed by atoms with E-state index in [1.54, 1.807) is 6.20 Å². The number of nitrogens with zero attached hydrogens (tertiary/aromatic N) is 3. The van der Waals surface area contributed by atoms with E-state index < -0.39 is 5.97 Å². The van der Waals surface area contributed by atoms with Crippen LogP contribution < -0.4 is 0 Å². The lowest BCUT2D eigenvalue weighted by atomic mass is 10.3. The molecule has 1 N–H and O–H groups in total. The van der Waals surface area contributed by atoms with Crippen LogP contribution in [0.4, 0.5) is 0 Å². The summed E-state index contributed by atoms with van der Waals surface area (Å²) in [5, 5.41) is 9.48. The highest BCUT2D eigenvalue weighted by molar-refractivity contribution is 7.99. The van der Waals surface area contributed by atoms with Crippen molar-refractivity contribution in [2.24, 2.45) is 0 Å². The Hall–Kier alpha value is -1.82. The number of aromatic nitrogens is 3. The predicted molar refractivity (Wildman–Crippen MR) is 75.4 cm³/mol. The Bertz CT molecular complexity index is 622. The molecule has 0 bridgehead atoms. The number of pyridine rings is 1. The van der Waals surface area contributed by atoms with Gasteiger partial charge in [0.25, 0.3) is 0 Å². The standard InChI is InChI=1S/C13H15N3O2S/c1-3-4-7-16-12-11(9(2)5-6-14-12)15-13(16)19-8-10(17)18/h3,5-6H,1,4,7-8H2,2H3,(H,17,18). The highest BCUT2D eigenvalue weighted by Crippen LogP contribution is 2.24. The van der Waals surface area contributed by atoms with Crippen molar-refractivity contribution in [2.45, 2.75) is 25.0 Å². The van der Waals surface area contributed by atoms with Crippen LogP contribution in [0.5, 0.6) is 0 Å². The Morgan fingerprint density at radius 1 is 1.63 bits per heavy atom. The van der Waals surface area contributed by atoms with E-state index in [0.717, 1.165) is 23.1 Å². The fourth-order valence-corrected chi connectivity index (χ4v) is 2.52. The zero-order chi connectivity index (χ0) is 13.8. The molecule has 0 aliphatic rings. The maximum atomic E-state index is 10.7. The lowest BCUT2D eigenvalue weighted by molar-refractivity contribution is -0.133. The van der Waals surface area contributed by atoms with E-state index in [-0.39, 0.29) is 5.75 Å². The molecule has 0 radical (unpaired) electrons. The fourth-order valence-electron chi connectivity index (χ4n) is 1.78. The summed E-state index contributed by atoms with van der Waals surface area (Å²) in [6.07, 6.45) is 4.37. The number of imidazole rings is 1. The molecule has 0 aliphatic heterocycles. The number of aryl methyl sites for hydroxylation is 2. The zero-order valence-corrected chi connectivity index (χ0v) is 11.5. The van der Waals surface area contributed by atoms with Gasteiger partial charge in [0.15, 0.2) is 10.8 Å². The monoisotopic (exact) mass is 277 g/mol. The molecule has 0 aliphatic carbocycles. The van der Waals surface area contributed by atoms with Crippen molar-refractivity contribution in [2.75, 3.05) is 5.75 Å². The third-order valence-electron chi connectivity index (χ3n) is 2.68. The lowest BCUT2D eigenvalue weighted by Gasteiger charge is -2.05. The average molecular weight is 277 g/mol. The normalized spacial score (nSPS) is 10.8. The molecule has 5 nitrogen and oxygen atoms in total. The van der Waals surface area contributed by atoms with E-state index in [1.807, 2.05) is 23.6 Å². The molecule has 100 valence electrons. The van der Waals surface area contributed by atoms with Gasteiger partial charge in [-0.1, -0.05) is 17.8 Å². The van der Waals surface area contributed by atoms with Crippen LogP contribution in [0.15, 0.2) is 30.1 Å². The number of carbonyl (C=O) groups is 1. The van der Waals surface area contributed by atoms with E-state index in [9.17, 15) is 4.79 Å². The van der Waals surface area contributed by atoms with Crippen LogP contribution in [-0.4, -0.2) is 31.4 Å². The van der Waals surface area contributed by atoms with Gasteiger partial charge in [-0.2, -0.15) is 0 Å². The fraction of sp³-hybridized carbons (Fsp3) is 0.308. The topological polar surface area (TPSA) is 68.0 Å². The first-order chi connectivity index (χ1) is 9.13. The van der Waals surface area contributed by atoms with E-state index in [4.69, 9.17) is 5.11 Å². The summed E-state index contributed by atoms with van der Waals surface area (Å²) in [6, 6.07) is 1.90. The Labute approximate surface area is 115 Å². The van der Waals surface area contributed by atoms with Crippen LogP contribution in [0.25, 0.3) is 11.2 Å². The third-order valence-corrected chi connectivity index (χ3v) is 3.64. The summed E-state index contributed by atoms with van der Waals surface area (Å²) in [6.45, 7) is 6.39. The second kappa shape index (κ2) is 5.88. The van der Waals surface area contributed by atoms with Gasteiger partial charge >= 0.3 is 5.97 Å². The van der Waals surface area contributed by atoms with Crippen molar-refractivity contribution in [1.82, 2.24) is 14.5 Å². The number of carboxylic acids is 1. The highest BCUT2D eigenvalue weighted by Gasteiger charge is 2.14. The number of aliphatic carboxylic acids is 1. The number of hydrogen-bond acceptors (Lipinski definition) is 4. The minimum Gasteiger partial charge on any atom is -0.481 e. The number of rotatable bonds is 6. The van der Waals surface area contributed by atoms with Gasteiger partial charge < -0.3 is 9.67 Å². The van der Waals surface area contributed by atoms with Crippen LogP contribution in [-0.2, 0) is 11.3 Å². The maximum Gasteiger partial charge on any atom is 0.313 e. The molecule has 0 fully saturated rings. The summed E-state index contributed by atoms with van der Waals surface area (Å²) in [5.41, 5.74) is 2.67. The Morgan fingerprint density at radius 3 is 3.11 bits per heavy atom. The lowest BCUT2D eigenvalue weighted by Crippen LogP contribution is -2.03. The molecule has 0 spiro atoms. The van der Waals surface area contributed by atoms with Crippen LogP contribution in [0.1, 0.15) is 12.0 Å². The van der Waals surface area contributed by atoms with Gasteiger partial charge in [-0.05, 0) is 25.0 Å². The molecule has 0 saturated heterocycles. The van der Waals surface area contributed by atoms with Gasteiger partial charge in [-0.15, -0.1) is 6.58 Å². The second-order valence-electron chi connectivity index (χ2n) is 4.11. The summed E-state index contributed by atoms with van der Waals surface area (Å²) >= 11 is 1.22. The van der Waals surface area contributed by atoms with Gasteiger partial charge in [-0.25, -0.2) is 9.97 Å². The number of carboxylic acid groups (broad SMARTS) is 1. The average Bonchev–Trinajstić information content (AvgIpc) is 2.73. The summed E-state index contributed by atoms with van der Waals surface area (Å²) in [5.74, 6) is -0.854. The van der Waals surface area contributed by atoms with Crippen LogP contribution in [0, 0.1) is 6.92 Å². The third kappa shape index (κ3) is 2.96. The molecule has 2 aromatic rings. The van der Waals surface area contributed by atoms with Gasteiger partial charge in [0.1, 0.15) is 5.52 Å². The molecule has 0 saturated carbocycles. The molecular weight excluding hydrogens is 262 g/mol. The molecule has 6 heteroatoms. The van der Waals surface area contributed by atoms with Crippen LogP contribution in [0.2, 0.25) is 0 Å². The summed E-state index contributed by atoms with van der Waals surface area (Å²) < 4.78 is 1.96. The van der Waals surface area contributed by atoms with E-state index in [2.05, 4.69) is 16.5 Å². The first kappa shape index (κ1) is 13.6. The predicted octanol–water partition coefficient (Wildman–Crippen LogP) is 2.49. The minimum absolute atomic E-state index is 0.00351. The van der Waals surface area contributed by atoms with Gasteiger partial charge in [0.05, 0.1) is 5.75 Å². The maximum absolute atomic E-state index is 10.7. The van der Waals surface area contributed by atoms with Crippen molar-refractivity contribution < 1.29 is 9.90 Å². The molecule has 19 heavy (non-hydrogen) atoms. The quantitative estimate of drug-likeness (QED) is 0.649. The molecule has 0 aromatic carbocycles. The SMILES string of the molecule is C=CCCn1c(SCC(=O)O)nc2c(C)ccnc21. The molecule has 2 aromatic heterocycles. The zero-order valence-electron chi connectivity index (χ0n) is 10.7. The van der Waals surface area contributed by atoms with Crippen molar-refractivity contribution in [1.29, 1.82) is 0 Å². The van der Waals surface area contributed by atoms with E-state index >= 15 is 0 Å². The number of hydrogen-bond donors (Lipinski definition) is 1. The van der Waals surface area contributed by atoms with Crippen molar-refractivity contribution in [3.8, 4) is 0 Å². The molecule has 0 unspecified atom stereocenters. The smallest absolute Gasteiger partial charge is 0.313 e. The molecule has 2 rings (SSSR count). The van der Waals surface area contributed by atoms with Crippen LogP contribution >= 0.6 is 11.8 Å². The van der Waals surface area contributed by atoms with E-state index in [1.165, 1.54) is 11.8 Å². The number of thioether (sulfide) groups is 1. The van der Waals surface area contributed by atoms with Gasteiger partial charge in [0, 0.05) is 12.7 Å². The molecule has 2 heterocycles.